The fraction of sp³-hybridized carbons (Fsp3) is 0.500. The maximum absolute atomic E-state index is 12.7. The van der Waals surface area contributed by atoms with Gasteiger partial charge in [0.25, 0.3) is 0 Å². The van der Waals surface area contributed by atoms with Crippen LogP contribution in [0.1, 0.15) is 24.8 Å². The highest BCUT2D eigenvalue weighted by molar-refractivity contribution is 7.47. The minimum Gasteiger partial charge on any atom is -0.394 e. The van der Waals surface area contributed by atoms with Gasteiger partial charge in [0.05, 0.1) is 31.3 Å². The monoisotopic (exact) mass is 571 g/mol. The van der Waals surface area contributed by atoms with Gasteiger partial charge in [-0.1, -0.05) is 13.2 Å². The van der Waals surface area contributed by atoms with E-state index in [4.69, 9.17) is 35.7 Å². The molecule has 2 saturated heterocycles. The number of phosphoric acid groups is 1. The molecule has 0 aliphatic carbocycles. The molecule has 19 heteroatoms. The normalized spacial score (nSPS) is 29.6. The number of hydrogen-bond acceptors (Lipinski definition) is 12. The van der Waals surface area contributed by atoms with Crippen LogP contribution in [0.25, 0.3) is 5.70 Å². The zero-order valence-corrected chi connectivity index (χ0v) is 21.5. The van der Waals surface area contributed by atoms with E-state index in [9.17, 15) is 24.5 Å². The molecule has 1 unspecified atom stereocenters. The number of imidazole rings is 1. The van der Waals surface area contributed by atoms with E-state index in [1.54, 1.807) is 4.57 Å². The molecule has 0 radical (unpaired) electrons. The second-order valence-corrected chi connectivity index (χ2v) is 10.1. The SMILES string of the molecule is C=CN(C(=O)N=C(N)N)[C@H]1C[C@@H](O)[C@@H](COP(=O)(O)O[C@@H]2C[C@H](n3cnc4c3N=C(N)NC4=C)O[C@@H]2CO)O1. The summed E-state index contributed by atoms with van der Waals surface area (Å²) in [5.41, 5.74) is 17.1. The molecule has 0 saturated carbocycles. The molecule has 10 N–H and O–H groups in total. The first kappa shape index (κ1) is 28.7. The summed E-state index contributed by atoms with van der Waals surface area (Å²) in [7, 11) is -4.74. The summed E-state index contributed by atoms with van der Waals surface area (Å²) in [5.74, 6) is -0.0200. The molecule has 2 fully saturated rings. The van der Waals surface area contributed by atoms with Gasteiger partial charge in [-0.3, -0.25) is 18.5 Å². The Morgan fingerprint density at radius 1 is 1.38 bits per heavy atom. The first-order chi connectivity index (χ1) is 18.4. The molecule has 0 bridgehead atoms. The Hall–Kier alpha value is -3.35. The lowest BCUT2D eigenvalue weighted by atomic mass is 10.2. The van der Waals surface area contributed by atoms with E-state index in [2.05, 4.69) is 33.4 Å². The Kier molecular flexibility index (Phi) is 8.38. The van der Waals surface area contributed by atoms with Crippen molar-refractivity contribution in [1.82, 2.24) is 19.8 Å². The first-order valence-corrected chi connectivity index (χ1v) is 13.1. The second-order valence-electron chi connectivity index (χ2n) is 8.72. The van der Waals surface area contributed by atoms with Crippen molar-refractivity contribution in [2.75, 3.05) is 13.2 Å². The van der Waals surface area contributed by atoms with Crippen LogP contribution < -0.4 is 22.5 Å². The van der Waals surface area contributed by atoms with Crippen LogP contribution in [0.2, 0.25) is 0 Å². The summed E-state index contributed by atoms with van der Waals surface area (Å²) < 4.78 is 36.0. The van der Waals surface area contributed by atoms with Crippen molar-refractivity contribution in [3.8, 4) is 0 Å². The fourth-order valence-corrected chi connectivity index (χ4v) is 5.24. The Bertz CT molecular complexity index is 1230. The molecule has 7 atom stereocenters. The quantitative estimate of drug-likeness (QED) is 0.101. The van der Waals surface area contributed by atoms with Crippen LogP contribution in [0, 0.1) is 0 Å². The van der Waals surface area contributed by atoms with Gasteiger partial charge < -0.3 is 47.1 Å². The molecule has 0 aromatic carbocycles. The van der Waals surface area contributed by atoms with Crippen molar-refractivity contribution in [2.24, 2.45) is 27.2 Å². The summed E-state index contributed by atoms with van der Waals surface area (Å²) in [6, 6.07) is -0.876. The number of nitrogens with zero attached hydrogens (tertiary/aromatic N) is 5. The van der Waals surface area contributed by atoms with Gasteiger partial charge >= 0.3 is 13.9 Å². The summed E-state index contributed by atoms with van der Waals surface area (Å²) in [5, 5.41) is 22.9. The highest BCUT2D eigenvalue weighted by Crippen LogP contribution is 2.49. The smallest absolute Gasteiger partial charge is 0.394 e. The largest absolute Gasteiger partial charge is 0.472 e. The molecule has 4 heterocycles. The van der Waals surface area contributed by atoms with Crippen LogP contribution in [0.3, 0.4) is 0 Å². The summed E-state index contributed by atoms with van der Waals surface area (Å²) in [6.45, 7) is 6.24. The molecule has 18 nitrogen and oxygen atoms in total. The lowest BCUT2D eigenvalue weighted by Gasteiger charge is -2.24. The van der Waals surface area contributed by atoms with Crippen LogP contribution in [-0.2, 0) is 23.1 Å². The van der Waals surface area contributed by atoms with Gasteiger partial charge in [-0.05, 0) is 0 Å². The number of rotatable bonds is 9. The minimum atomic E-state index is -4.74. The zero-order chi connectivity index (χ0) is 28.5. The Morgan fingerprint density at radius 2 is 2.13 bits per heavy atom. The maximum atomic E-state index is 12.7. The third-order valence-electron chi connectivity index (χ3n) is 6.06. The molecule has 1 aromatic heterocycles. The highest BCUT2D eigenvalue weighted by atomic mass is 31.2. The van der Waals surface area contributed by atoms with E-state index in [1.165, 1.54) is 6.33 Å². The molecule has 2 amide bonds. The van der Waals surface area contributed by atoms with Gasteiger partial charge in [-0.25, -0.2) is 14.3 Å². The minimum absolute atomic E-state index is 0.0308. The van der Waals surface area contributed by atoms with E-state index in [0.29, 0.717) is 17.2 Å². The molecule has 0 spiro atoms. The second kappa shape index (κ2) is 11.4. The fourth-order valence-electron chi connectivity index (χ4n) is 4.28. The number of aliphatic imine (C=N–C) groups is 2. The maximum Gasteiger partial charge on any atom is 0.472 e. The molecular weight excluding hydrogens is 541 g/mol. The lowest BCUT2D eigenvalue weighted by molar-refractivity contribution is -0.0603. The molecule has 3 aliphatic rings. The van der Waals surface area contributed by atoms with Crippen LogP contribution >= 0.6 is 7.82 Å². The van der Waals surface area contributed by atoms with Crippen molar-refractivity contribution in [3.05, 3.63) is 31.4 Å². The van der Waals surface area contributed by atoms with Crippen LogP contribution in [0.15, 0.2) is 35.7 Å². The number of nitrogens with one attached hydrogen (secondary N) is 1. The van der Waals surface area contributed by atoms with Crippen LogP contribution in [-0.4, -0.2) is 91.4 Å². The summed E-state index contributed by atoms with van der Waals surface area (Å²) in [4.78, 5) is 35.3. The van der Waals surface area contributed by atoms with Gasteiger partial charge in [0, 0.05) is 19.0 Å². The van der Waals surface area contributed by atoms with E-state index in [0.717, 1.165) is 11.1 Å². The number of urea groups is 1. The van der Waals surface area contributed by atoms with Crippen LogP contribution in [0.5, 0.6) is 0 Å². The van der Waals surface area contributed by atoms with Gasteiger partial charge in [-0.2, -0.15) is 9.98 Å². The highest BCUT2D eigenvalue weighted by Gasteiger charge is 2.44. The number of aliphatic hydroxyl groups is 2. The zero-order valence-electron chi connectivity index (χ0n) is 20.6. The predicted octanol–water partition coefficient (Wildman–Crippen LogP) is -1.50. The number of fused-ring (bicyclic) bond motifs is 1. The number of hydrogen-bond donors (Lipinski definition) is 7. The van der Waals surface area contributed by atoms with Crippen LogP contribution in [0.4, 0.5) is 10.6 Å². The van der Waals surface area contributed by atoms with Crippen molar-refractivity contribution in [1.29, 1.82) is 0 Å². The first-order valence-electron chi connectivity index (χ1n) is 11.6. The number of carbonyl (C=O) groups excluding carboxylic acids is 1. The standard InChI is InChI=1S/C20H30N9O9P/c1-3-28(20(32)27-18(21)22)14-4-10(31)13(37-14)7-35-39(33,34)38-11-5-15(36-12(11)6-30)29-8-24-16-9(2)25-19(23)26-17(16)29/h3,8,10-15,30-31H,1-2,4-7H2,(H,33,34)(H3,23,25,26)(H4,21,22,27,32)/t10-,11-,12-,13-,14-,15-/m1/s1. The van der Waals surface area contributed by atoms with E-state index < -0.39 is 69.9 Å². The molecular formula is C20H30N9O9P. The Labute approximate surface area is 222 Å². The number of amides is 2. The Balaban J connectivity index is 1.37. The molecule has 4 rings (SSSR count). The third kappa shape index (κ3) is 6.29. The van der Waals surface area contributed by atoms with Gasteiger partial charge in [-0.15, -0.1) is 0 Å². The molecule has 1 aromatic rings. The van der Waals surface area contributed by atoms with Gasteiger partial charge in [0.2, 0.25) is 0 Å². The van der Waals surface area contributed by atoms with Crippen molar-refractivity contribution in [2.45, 2.75) is 49.7 Å². The number of nitrogens with two attached hydrogens (primary N) is 3. The Morgan fingerprint density at radius 3 is 2.79 bits per heavy atom. The number of aromatic nitrogens is 2. The van der Waals surface area contributed by atoms with Crippen molar-refractivity contribution in [3.63, 3.8) is 0 Å². The van der Waals surface area contributed by atoms with Gasteiger partial charge in [0.1, 0.15) is 36.5 Å². The summed E-state index contributed by atoms with van der Waals surface area (Å²) in [6.07, 6.45) is -3.57. The number of aliphatic hydroxyl groups excluding tert-OH is 2. The number of phosphoric ester groups is 1. The molecule has 3 aliphatic heterocycles. The number of ether oxygens (including phenoxy) is 2. The number of carbonyl (C=O) groups is 1. The van der Waals surface area contributed by atoms with E-state index in [-0.39, 0.29) is 18.8 Å². The van der Waals surface area contributed by atoms with E-state index >= 15 is 0 Å². The topological polar surface area (TPSA) is 268 Å². The lowest BCUT2D eigenvalue weighted by Crippen LogP contribution is -2.37. The summed E-state index contributed by atoms with van der Waals surface area (Å²) >= 11 is 0. The molecule has 214 valence electrons. The van der Waals surface area contributed by atoms with E-state index in [1.807, 2.05) is 0 Å². The van der Waals surface area contributed by atoms with Gasteiger partial charge in [0.15, 0.2) is 17.7 Å². The van der Waals surface area contributed by atoms with Crippen molar-refractivity contribution < 1.29 is 43.0 Å². The average Bonchev–Trinajstić information content (AvgIpc) is 3.54. The average molecular weight is 571 g/mol. The third-order valence-corrected chi connectivity index (χ3v) is 7.07. The van der Waals surface area contributed by atoms with Crippen molar-refractivity contribution >= 4 is 37.3 Å². The number of guanidine groups is 2. The predicted molar refractivity (Wildman–Crippen MR) is 134 cm³/mol. The molecule has 39 heavy (non-hydrogen) atoms.